The molecule has 0 atom stereocenters. The lowest BCUT2D eigenvalue weighted by Gasteiger charge is -2.29. The van der Waals surface area contributed by atoms with E-state index in [2.05, 4.69) is 16.0 Å². The maximum atomic E-state index is 14.4. The van der Waals surface area contributed by atoms with Crippen LogP contribution in [0, 0.1) is 12.7 Å². The Bertz CT molecular complexity index is 1340. The summed E-state index contributed by atoms with van der Waals surface area (Å²) in [5.74, 6) is -0.531. The van der Waals surface area contributed by atoms with E-state index in [4.69, 9.17) is 9.47 Å². The van der Waals surface area contributed by atoms with Gasteiger partial charge >= 0.3 is 0 Å². The second kappa shape index (κ2) is 12.3. The summed E-state index contributed by atoms with van der Waals surface area (Å²) in [5.41, 5.74) is 3.23. The molecule has 0 aromatic heterocycles. The van der Waals surface area contributed by atoms with Crippen LogP contribution in [0.5, 0.6) is 5.75 Å². The van der Waals surface area contributed by atoms with E-state index in [0.29, 0.717) is 54.7 Å². The summed E-state index contributed by atoms with van der Waals surface area (Å²) in [6, 6.07) is 16.7. The van der Waals surface area contributed by atoms with Crippen LogP contribution in [0.4, 0.5) is 21.5 Å². The molecule has 9 heteroatoms. The summed E-state index contributed by atoms with van der Waals surface area (Å²) < 4.78 is 25.8. The van der Waals surface area contributed by atoms with Gasteiger partial charge in [-0.3, -0.25) is 9.59 Å². The average Bonchev–Trinajstić information content (AvgIpc) is 2.95. The Kier molecular flexibility index (Phi) is 8.39. The third-order valence-corrected chi connectivity index (χ3v) is 6.95. The lowest BCUT2D eigenvalue weighted by atomic mass is 10.1. The Balaban J connectivity index is 1.26. The van der Waals surface area contributed by atoms with E-state index in [1.54, 1.807) is 36.4 Å². The van der Waals surface area contributed by atoms with Gasteiger partial charge in [0.2, 0.25) is 0 Å². The van der Waals surface area contributed by atoms with Crippen LogP contribution >= 0.6 is 0 Å². The third kappa shape index (κ3) is 6.93. The monoisotopic (exact) mass is 532 g/mol. The number of hydrogen-bond donors (Lipinski definition) is 3. The predicted octanol–water partition coefficient (Wildman–Crippen LogP) is 4.61. The molecule has 2 aliphatic rings. The zero-order valence-electron chi connectivity index (χ0n) is 22.0. The second-order valence-corrected chi connectivity index (χ2v) is 9.83. The molecule has 2 saturated heterocycles. The number of rotatable bonds is 7. The molecule has 0 spiro atoms. The Hall–Kier alpha value is -3.95. The van der Waals surface area contributed by atoms with E-state index in [1.165, 1.54) is 12.1 Å². The number of anilines is 3. The Labute approximate surface area is 227 Å². The highest BCUT2D eigenvalue weighted by Crippen LogP contribution is 2.25. The molecule has 0 saturated carbocycles. The van der Waals surface area contributed by atoms with Crippen LogP contribution in [0.1, 0.15) is 39.1 Å². The molecular formula is C30H33FN4O4. The minimum absolute atomic E-state index is 0.134. The van der Waals surface area contributed by atoms with Gasteiger partial charge in [0.25, 0.3) is 11.8 Å². The Morgan fingerprint density at radius 1 is 0.949 bits per heavy atom. The van der Waals surface area contributed by atoms with Crippen molar-refractivity contribution in [2.45, 2.75) is 25.9 Å². The molecule has 3 aromatic rings. The van der Waals surface area contributed by atoms with E-state index in [0.717, 1.165) is 31.5 Å². The minimum Gasteiger partial charge on any atom is -0.490 e. The average molecular weight is 533 g/mol. The molecular weight excluding hydrogens is 499 g/mol. The summed E-state index contributed by atoms with van der Waals surface area (Å²) in [7, 11) is 0. The fraction of sp³-hybridized carbons (Fsp3) is 0.333. The van der Waals surface area contributed by atoms with Gasteiger partial charge in [0, 0.05) is 41.3 Å². The highest BCUT2D eigenvalue weighted by atomic mass is 19.1. The molecule has 204 valence electrons. The SMILES string of the molecule is Cc1ccc(NC(=O)c2cc(F)cc(N3CCOCC3)c2)cc1NC(=O)c1cccc(OC2CCNCC2)c1. The van der Waals surface area contributed by atoms with Crippen molar-refractivity contribution >= 4 is 28.9 Å². The molecule has 0 radical (unpaired) electrons. The van der Waals surface area contributed by atoms with E-state index in [-0.39, 0.29) is 17.6 Å². The fourth-order valence-electron chi connectivity index (χ4n) is 4.76. The third-order valence-electron chi connectivity index (χ3n) is 6.95. The van der Waals surface area contributed by atoms with Crippen LogP contribution in [-0.2, 0) is 4.74 Å². The number of nitrogens with zero attached hydrogens (tertiary/aromatic N) is 1. The number of nitrogens with one attached hydrogen (secondary N) is 3. The molecule has 8 nitrogen and oxygen atoms in total. The summed E-state index contributed by atoms with van der Waals surface area (Å²) in [6.45, 7) is 6.11. The van der Waals surface area contributed by atoms with Gasteiger partial charge in [-0.15, -0.1) is 0 Å². The molecule has 3 aromatic carbocycles. The predicted molar refractivity (Wildman–Crippen MR) is 149 cm³/mol. The number of benzene rings is 3. The molecule has 3 N–H and O–H groups in total. The summed E-state index contributed by atoms with van der Waals surface area (Å²) >= 11 is 0. The zero-order chi connectivity index (χ0) is 27.2. The quantitative estimate of drug-likeness (QED) is 0.412. The smallest absolute Gasteiger partial charge is 0.255 e. The minimum atomic E-state index is -0.479. The highest BCUT2D eigenvalue weighted by molar-refractivity contribution is 6.07. The molecule has 5 rings (SSSR count). The van der Waals surface area contributed by atoms with Gasteiger partial charge in [-0.05, 0) is 86.9 Å². The zero-order valence-corrected chi connectivity index (χ0v) is 22.0. The first-order valence-corrected chi connectivity index (χ1v) is 13.3. The molecule has 2 fully saturated rings. The van der Waals surface area contributed by atoms with Crippen molar-refractivity contribution in [2.24, 2.45) is 0 Å². The van der Waals surface area contributed by atoms with Crippen molar-refractivity contribution in [2.75, 3.05) is 54.9 Å². The van der Waals surface area contributed by atoms with Crippen molar-refractivity contribution in [3.63, 3.8) is 0 Å². The fourth-order valence-corrected chi connectivity index (χ4v) is 4.76. The molecule has 0 unspecified atom stereocenters. The van der Waals surface area contributed by atoms with Crippen LogP contribution in [0.2, 0.25) is 0 Å². The maximum absolute atomic E-state index is 14.4. The number of halogens is 1. The first kappa shape index (κ1) is 26.6. The number of hydrogen-bond acceptors (Lipinski definition) is 6. The summed E-state index contributed by atoms with van der Waals surface area (Å²) in [5, 5.41) is 9.08. The van der Waals surface area contributed by atoms with Gasteiger partial charge in [0.05, 0.1) is 13.2 Å². The number of carbonyl (C=O) groups is 2. The molecule has 0 aliphatic carbocycles. The van der Waals surface area contributed by atoms with Gasteiger partial charge in [-0.25, -0.2) is 4.39 Å². The molecule has 2 amide bonds. The number of piperidine rings is 1. The largest absolute Gasteiger partial charge is 0.490 e. The van der Waals surface area contributed by atoms with Crippen molar-refractivity contribution in [1.29, 1.82) is 0 Å². The summed E-state index contributed by atoms with van der Waals surface area (Å²) in [6.07, 6.45) is 1.99. The molecule has 0 bridgehead atoms. The van der Waals surface area contributed by atoms with E-state index in [1.807, 2.05) is 24.0 Å². The van der Waals surface area contributed by atoms with Gasteiger partial charge < -0.3 is 30.3 Å². The van der Waals surface area contributed by atoms with Crippen LogP contribution in [0.25, 0.3) is 0 Å². The first-order valence-electron chi connectivity index (χ1n) is 13.3. The van der Waals surface area contributed by atoms with Crippen molar-refractivity contribution in [1.82, 2.24) is 5.32 Å². The second-order valence-electron chi connectivity index (χ2n) is 9.83. The molecule has 2 heterocycles. The van der Waals surface area contributed by atoms with Crippen molar-refractivity contribution in [3.8, 4) is 5.75 Å². The maximum Gasteiger partial charge on any atom is 0.255 e. The standard InChI is InChI=1S/C30H33FN4O4/c1-20-5-6-24(33-30(37)22-15-23(31)18-25(16-22)35-11-13-38-14-12-35)19-28(20)34-29(36)21-3-2-4-27(17-21)39-26-7-9-32-10-8-26/h2-6,15-19,26,32H,7-14H2,1H3,(H,33,37)(H,34,36). The number of carbonyl (C=O) groups excluding carboxylic acids is 2. The normalized spacial score (nSPS) is 16.0. The van der Waals surface area contributed by atoms with E-state index < -0.39 is 11.7 Å². The van der Waals surface area contributed by atoms with Crippen molar-refractivity contribution in [3.05, 3.63) is 83.2 Å². The lowest BCUT2D eigenvalue weighted by molar-refractivity contribution is 0.101. The highest BCUT2D eigenvalue weighted by Gasteiger charge is 2.18. The number of morpholine rings is 1. The lowest BCUT2D eigenvalue weighted by Crippen LogP contribution is -2.36. The van der Waals surface area contributed by atoms with Gasteiger partial charge in [-0.2, -0.15) is 0 Å². The van der Waals surface area contributed by atoms with Crippen LogP contribution in [0.15, 0.2) is 60.7 Å². The number of ether oxygens (including phenoxy) is 2. The molecule has 2 aliphatic heterocycles. The number of amides is 2. The van der Waals surface area contributed by atoms with E-state index in [9.17, 15) is 14.0 Å². The van der Waals surface area contributed by atoms with E-state index >= 15 is 0 Å². The summed E-state index contributed by atoms with van der Waals surface area (Å²) in [4.78, 5) is 28.1. The topological polar surface area (TPSA) is 91.9 Å². The van der Waals surface area contributed by atoms with Crippen LogP contribution in [0.3, 0.4) is 0 Å². The van der Waals surface area contributed by atoms with Gasteiger partial charge in [0.15, 0.2) is 0 Å². The Morgan fingerprint density at radius 2 is 1.72 bits per heavy atom. The van der Waals surface area contributed by atoms with Crippen LogP contribution < -0.4 is 25.6 Å². The number of aryl methyl sites for hydroxylation is 1. The van der Waals surface area contributed by atoms with Crippen molar-refractivity contribution < 1.29 is 23.5 Å². The van der Waals surface area contributed by atoms with Gasteiger partial charge in [-0.1, -0.05) is 12.1 Å². The molecule has 39 heavy (non-hydrogen) atoms. The van der Waals surface area contributed by atoms with Crippen LogP contribution in [-0.4, -0.2) is 57.3 Å². The van der Waals surface area contributed by atoms with Gasteiger partial charge in [0.1, 0.15) is 17.7 Å². The Morgan fingerprint density at radius 3 is 2.51 bits per heavy atom. The first-order chi connectivity index (χ1) is 18.9.